The summed E-state index contributed by atoms with van der Waals surface area (Å²) in [4.78, 5) is 13.6. The number of hydrogen-bond donors (Lipinski definition) is 0. The fourth-order valence-corrected chi connectivity index (χ4v) is 8.57. The largest absolute Gasteiger partial charge is 0.296 e. The van der Waals surface area contributed by atoms with E-state index in [4.69, 9.17) is 0 Å². The third-order valence-corrected chi connectivity index (χ3v) is 11.4. The average molecular weight is 768 g/mol. The summed E-state index contributed by atoms with van der Waals surface area (Å²) < 4.78 is 1.28. The van der Waals surface area contributed by atoms with E-state index in [9.17, 15) is 0 Å². The summed E-state index contributed by atoms with van der Waals surface area (Å²) in [6, 6.07) is 48.0. The van der Waals surface area contributed by atoms with Gasteiger partial charge in [-0.05, 0) is 104 Å². The predicted octanol–water partition coefficient (Wildman–Crippen LogP) is 15.2. The summed E-state index contributed by atoms with van der Waals surface area (Å²) >= 11 is 1.81. The van der Waals surface area contributed by atoms with Crippen LogP contribution in [0.2, 0.25) is 0 Å². The second-order valence-electron chi connectivity index (χ2n) is 13.8. The highest BCUT2D eigenvalue weighted by molar-refractivity contribution is 7.20. The molecule has 58 heavy (non-hydrogen) atoms. The van der Waals surface area contributed by atoms with Gasteiger partial charge in [0.15, 0.2) is 5.84 Å². The maximum atomic E-state index is 4.40. The zero-order chi connectivity index (χ0) is 40.4. The van der Waals surface area contributed by atoms with Crippen LogP contribution in [0.3, 0.4) is 0 Å². The lowest BCUT2D eigenvalue weighted by molar-refractivity contribution is 1.06. The third-order valence-electron chi connectivity index (χ3n) is 10.2. The SMILES string of the molecule is C=C/C=C(\C=C)C(N=C)=NCc1ccccc1.C=Cc1sc2cc(-c3ccc4c(c3)c3ccccc3c3cccc(-c5ccc(CN=C)cc5)c34)ccc2c1/C=C\C. The van der Waals surface area contributed by atoms with E-state index in [2.05, 4.69) is 170 Å². The van der Waals surface area contributed by atoms with Gasteiger partial charge >= 0.3 is 0 Å². The maximum absolute atomic E-state index is 4.40. The standard InChI is InChI=1S/C39H29NS.C15H16N2/c1-4-9-32-33-20-18-28(23-38(33)41-37(32)5-2)27-19-21-35-36(22-27)31-11-7-6-10-30(31)34-13-8-12-29(39(34)35)26-16-14-25(15-17-26)24-40-3;1-4-9-14(5-2)15(16-3)17-12-13-10-7-6-8-11-13/h4-23H,2-3,24H2,1H3;4-11H,1-3,12H2/b9-4-;14-9+,17-15?. The molecule has 0 fully saturated rings. The summed E-state index contributed by atoms with van der Waals surface area (Å²) in [5.41, 5.74) is 9.30. The van der Waals surface area contributed by atoms with Gasteiger partial charge in [-0.3, -0.25) is 9.98 Å². The first-order valence-electron chi connectivity index (χ1n) is 19.2. The topological polar surface area (TPSA) is 37.1 Å². The Hall–Kier alpha value is -7.01. The smallest absolute Gasteiger partial charge is 0.154 e. The van der Waals surface area contributed by atoms with E-state index in [-0.39, 0.29) is 0 Å². The van der Waals surface area contributed by atoms with Gasteiger partial charge in [-0.2, -0.15) is 0 Å². The van der Waals surface area contributed by atoms with Crippen LogP contribution in [0.1, 0.15) is 28.5 Å². The highest BCUT2D eigenvalue weighted by atomic mass is 32.1. The van der Waals surface area contributed by atoms with Crippen molar-refractivity contribution in [2.75, 3.05) is 0 Å². The van der Waals surface area contributed by atoms with Crippen molar-refractivity contribution >= 4 is 85.2 Å². The lowest BCUT2D eigenvalue weighted by Crippen LogP contribution is -1.97. The first-order chi connectivity index (χ1) is 28.5. The number of rotatable bonds is 11. The molecule has 1 aromatic heterocycles. The molecule has 8 rings (SSSR count). The van der Waals surface area contributed by atoms with Crippen LogP contribution < -0.4 is 0 Å². The minimum absolute atomic E-state index is 0.581. The first kappa shape index (κ1) is 39.2. The van der Waals surface area contributed by atoms with Crippen LogP contribution >= 0.6 is 11.3 Å². The highest BCUT2D eigenvalue weighted by Crippen LogP contribution is 2.42. The molecule has 3 nitrogen and oxygen atoms in total. The second-order valence-corrected chi connectivity index (χ2v) is 14.8. The zero-order valence-corrected chi connectivity index (χ0v) is 33.7. The Morgan fingerprint density at radius 1 is 0.621 bits per heavy atom. The number of fused-ring (bicyclic) bond motifs is 7. The molecule has 0 saturated heterocycles. The predicted molar refractivity (Wildman–Crippen MR) is 259 cm³/mol. The summed E-state index contributed by atoms with van der Waals surface area (Å²) in [5.74, 6) is 0.587. The van der Waals surface area contributed by atoms with Crippen molar-refractivity contribution < 1.29 is 0 Å². The number of benzene rings is 7. The molecular formula is C54H45N3S. The summed E-state index contributed by atoms with van der Waals surface area (Å²) in [6.07, 6.45) is 11.4. The molecule has 1 heterocycles. The molecule has 8 aromatic rings. The molecular weight excluding hydrogens is 723 g/mol. The van der Waals surface area contributed by atoms with E-state index in [1.807, 2.05) is 42.5 Å². The molecule has 0 unspecified atom stereocenters. The Morgan fingerprint density at radius 2 is 1.26 bits per heavy atom. The fourth-order valence-electron chi connectivity index (χ4n) is 7.49. The number of allylic oxidation sites excluding steroid dienone is 3. The molecule has 0 radical (unpaired) electrons. The Kier molecular flexibility index (Phi) is 12.4. The van der Waals surface area contributed by atoms with Gasteiger partial charge in [0.1, 0.15) is 0 Å². The fraction of sp³-hybridized carbons (Fsp3) is 0.0556. The molecule has 0 amide bonds. The van der Waals surface area contributed by atoms with E-state index in [1.54, 1.807) is 23.5 Å². The van der Waals surface area contributed by atoms with Gasteiger partial charge in [0.25, 0.3) is 0 Å². The molecule has 0 spiro atoms. The molecule has 0 aliphatic rings. The van der Waals surface area contributed by atoms with Crippen LogP contribution in [0.5, 0.6) is 0 Å². The normalized spacial score (nSPS) is 11.8. The van der Waals surface area contributed by atoms with Crippen molar-refractivity contribution in [3.05, 3.63) is 205 Å². The Labute approximate surface area is 345 Å². The van der Waals surface area contributed by atoms with Crippen LogP contribution in [0.15, 0.2) is 198 Å². The summed E-state index contributed by atoms with van der Waals surface area (Å²) in [5, 5.41) is 8.97. The maximum Gasteiger partial charge on any atom is 0.154 e. The van der Waals surface area contributed by atoms with Crippen molar-refractivity contribution in [2.24, 2.45) is 15.0 Å². The quantitative estimate of drug-likeness (QED) is 0.0544. The number of aliphatic imine (C=N–C) groups is 3. The Morgan fingerprint density at radius 3 is 1.93 bits per heavy atom. The van der Waals surface area contributed by atoms with Gasteiger partial charge < -0.3 is 0 Å². The number of amidine groups is 1. The van der Waals surface area contributed by atoms with Gasteiger partial charge in [-0.25, -0.2) is 4.99 Å². The average Bonchev–Trinajstić information content (AvgIpc) is 3.63. The van der Waals surface area contributed by atoms with E-state index in [1.165, 1.54) is 80.7 Å². The lowest BCUT2D eigenvalue weighted by atomic mass is 9.88. The van der Waals surface area contributed by atoms with Gasteiger partial charge in [-0.15, -0.1) is 11.3 Å². The molecule has 7 aromatic carbocycles. The highest BCUT2D eigenvalue weighted by Gasteiger charge is 2.15. The van der Waals surface area contributed by atoms with Crippen LogP contribution in [-0.2, 0) is 13.1 Å². The van der Waals surface area contributed by atoms with Crippen molar-refractivity contribution in [1.29, 1.82) is 0 Å². The number of hydrogen-bond acceptors (Lipinski definition) is 3. The van der Waals surface area contributed by atoms with Gasteiger partial charge in [0.05, 0.1) is 13.1 Å². The second kappa shape index (κ2) is 18.3. The molecule has 282 valence electrons. The van der Waals surface area contributed by atoms with Crippen LogP contribution in [0.4, 0.5) is 0 Å². The minimum atomic E-state index is 0.581. The Balaban J connectivity index is 0.000000254. The molecule has 0 atom stereocenters. The Bertz CT molecular complexity index is 2920. The van der Waals surface area contributed by atoms with Crippen molar-refractivity contribution in [1.82, 2.24) is 0 Å². The number of thiophene rings is 1. The van der Waals surface area contributed by atoms with Gasteiger partial charge in [0, 0.05) is 20.5 Å². The van der Waals surface area contributed by atoms with Crippen LogP contribution in [0, 0.1) is 0 Å². The summed E-state index contributed by atoms with van der Waals surface area (Å²) in [6.45, 7) is 21.9. The molecule has 0 N–H and O–H groups in total. The van der Waals surface area contributed by atoms with Gasteiger partial charge in [-0.1, -0.05) is 178 Å². The van der Waals surface area contributed by atoms with E-state index in [0.717, 1.165) is 11.1 Å². The monoisotopic (exact) mass is 767 g/mol. The zero-order valence-electron chi connectivity index (χ0n) is 32.9. The van der Waals surface area contributed by atoms with Crippen molar-refractivity contribution in [2.45, 2.75) is 20.0 Å². The van der Waals surface area contributed by atoms with Crippen LogP contribution in [0.25, 0.3) is 76.8 Å². The number of nitrogens with zero attached hydrogens (tertiary/aromatic N) is 3. The first-order valence-corrected chi connectivity index (χ1v) is 20.0. The molecule has 0 aliphatic carbocycles. The van der Waals surface area contributed by atoms with Crippen molar-refractivity contribution in [3.63, 3.8) is 0 Å². The molecule has 4 heteroatoms. The van der Waals surface area contributed by atoms with Crippen molar-refractivity contribution in [3.8, 4) is 22.3 Å². The third kappa shape index (κ3) is 8.10. The lowest BCUT2D eigenvalue weighted by Gasteiger charge is -2.15. The summed E-state index contributed by atoms with van der Waals surface area (Å²) in [7, 11) is 0. The molecule has 0 bridgehead atoms. The van der Waals surface area contributed by atoms with E-state index in [0.29, 0.717) is 18.9 Å². The van der Waals surface area contributed by atoms with E-state index >= 15 is 0 Å². The molecule has 0 saturated carbocycles. The van der Waals surface area contributed by atoms with Crippen LogP contribution in [-0.4, -0.2) is 19.3 Å². The minimum Gasteiger partial charge on any atom is -0.296 e. The molecule has 0 aliphatic heterocycles. The van der Waals surface area contributed by atoms with Gasteiger partial charge in [0.2, 0.25) is 0 Å². The van der Waals surface area contributed by atoms with E-state index < -0.39 is 0 Å².